The Kier molecular flexibility index (Phi) is 7.33. The fraction of sp³-hybridized carbons (Fsp3) is 0.750. The summed E-state index contributed by atoms with van der Waals surface area (Å²) in [5.41, 5.74) is 0. The van der Waals surface area contributed by atoms with Gasteiger partial charge in [-0.05, 0) is 19.3 Å². The lowest BCUT2D eigenvalue weighted by Crippen LogP contribution is -2.01. The van der Waals surface area contributed by atoms with Gasteiger partial charge < -0.3 is 9.47 Å². The van der Waals surface area contributed by atoms with Crippen LogP contribution in [0, 0.1) is 0 Å². The van der Waals surface area contributed by atoms with Crippen molar-refractivity contribution in [1.82, 2.24) is 0 Å². The Morgan fingerprint density at radius 3 is 2.50 bits per heavy atom. The van der Waals surface area contributed by atoms with Crippen molar-refractivity contribution in [2.45, 2.75) is 26.2 Å². The molecule has 4 nitrogen and oxygen atoms in total. The molecule has 0 saturated carbocycles. The van der Waals surface area contributed by atoms with Crippen LogP contribution in [0.5, 0.6) is 0 Å². The number of unbranched alkanes of at least 4 members (excludes halogenated alkanes) is 2. The maximum absolute atomic E-state index is 10.3. The third-order valence-corrected chi connectivity index (χ3v) is 1.25. The molecule has 0 fully saturated rings. The van der Waals surface area contributed by atoms with Crippen molar-refractivity contribution in [3.8, 4) is 0 Å². The molecule has 0 N–H and O–H groups in total. The summed E-state index contributed by atoms with van der Waals surface area (Å²) in [4.78, 5) is 19.8. The number of hydrogen-bond donors (Lipinski definition) is 0. The zero-order chi connectivity index (χ0) is 9.23. The number of carbonyl (C=O) groups is 1. The van der Waals surface area contributed by atoms with Gasteiger partial charge in [-0.15, -0.1) is 0 Å². The molecular formula is C8H13O4. The second-order valence-corrected chi connectivity index (χ2v) is 2.33. The summed E-state index contributed by atoms with van der Waals surface area (Å²) in [7, 11) is 0. The minimum atomic E-state index is -0.257. The van der Waals surface area contributed by atoms with Crippen molar-refractivity contribution in [3.05, 3.63) is 0 Å². The van der Waals surface area contributed by atoms with E-state index in [1.807, 2.05) is 0 Å². The summed E-state index contributed by atoms with van der Waals surface area (Å²) in [5.74, 6) is -0.257. The van der Waals surface area contributed by atoms with Crippen LogP contribution in [-0.4, -0.2) is 25.7 Å². The van der Waals surface area contributed by atoms with E-state index in [0.717, 1.165) is 19.3 Å². The summed E-state index contributed by atoms with van der Waals surface area (Å²) in [5, 5.41) is 0. The monoisotopic (exact) mass is 173 g/mol. The van der Waals surface area contributed by atoms with Crippen molar-refractivity contribution in [3.63, 3.8) is 0 Å². The van der Waals surface area contributed by atoms with Crippen LogP contribution in [0.1, 0.15) is 26.2 Å². The highest BCUT2D eigenvalue weighted by Gasteiger charge is 1.93. The average molecular weight is 173 g/mol. The quantitative estimate of drug-likeness (QED) is 0.422. The van der Waals surface area contributed by atoms with E-state index in [-0.39, 0.29) is 5.97 Å². The molecule has 0 atom stereocenters. The van der Waals surface area contributed by atoms with Crippen LogP contribution >= 0.6 is 0 Å². The molecular weight excluding hydrogens is 160 g/mol. The molecule has 0 amide bonds. The SMILES string of the molecule is CC(=O)OCCCCCO[C]=O. The Bertz CT molecular complexity index is 133. The minimum absolute atomic E-state index is 0.257. The zero-order valence-corrected chi connectivity index (χ0v) is 7.17. The molecule has 0 spiro atoms. The molecule has 0 aliphatic heterocycles. The predicted octanol–water partition coefficient (Wildman–Crippen LogP) is 0.804. The Morgan fingerprint density at radius 1 is 1.25 bits per heavy atom. The Labute approximate surface area is 71.8 Å². The number of esters is 1. The van der Waals surface area contributed by atoms with Crippen LogP contribution in [0.2, 0.25) is 0 Å². The number of rotatable bonds is 7. The maximum atomic E-state index is 10.3. The van der Waals surface area contributed by atoms with E-state index >= 15 is 0 Å². The van der Waals surface area contributed by atoms with E-state index in [2.05, 4.69) is 4.74 Å². The van der Waals surface area contributed by atoms with Gasteiger partial charge in [-0.25, -0.2) is 4.79 Å². The van der Waals surface area contributed by atoms with Gasteiger partial charge in [0.25, 0.3) is 0 Å². The molecule has 0 aliphatic carbocycles. The van der Waals surface area contributed by atoms with Crippen LogP contribution in [0.15, 0.2) is 0 Å². The molecule has 0 aromatic rings. The fourth-order valence-electron chi connectivity index (χ4n) is 0.711. The fourth-order valence-corrected chi connectivity index (χ4v) is 0.711. The van der Waals surface area contributed by atoms with Gasteiger partial charge >= 0.3 is 12.4 Å². The summed E-state index contributed by atoms with van der Waals surface area (Å²) in [6.45, 7) is 3.56. The largest absolute Gasteiger partial charge is 0.466 e. The van der Waals surface area contributed by atoms with Crippen molar-refractivity contribution in [1.29, 1.82) is 0 Å². The summed E-state index contributed by atoms with van der Waals surface area (Å²) < 4.78 is 9.04. The van der Waals surface area contributed by atoms with Crippen molar-refractivity contribution in [2.24, 2.45) is 0 Å². The lowest BCUT2D eigenvalue weighted by Gasteiger charge is -2.00. The smallest absolute Gasteiger partial charge is 0.417 e. The summed E-state index contributed by atoms with van der Waals surface area (Å²) >= 11 is 0. The first-order valence-electron chi connectivity index (χ1n) is 3.89. The molecule has 0 bridgehead atoms. The highest BCUT2D eigenvalue weighted by molar-refractivity contribution is 5.65. The van der Waals surface area contributed by atoms with E-state index in [9.17, 15) is 9.59 Å². The molecule has 12 heavy (non-hydrogen) atoms. The van der Waals surface area contributed by atoms with Crippen LogP contribution in [0.25, 0.3) is 0 Å². The van der Waals surface area contributed by atoms with Crippen LogP contribution in [-0.2, 0) is 19.1 Å². The van der Waals surface area contributed by atoms with Gasteiger partial charge in [0.15, 0.2) is 0 Å². The standard InChI is InChI=1S/C8H13O4/c1-8(10)12-6-4-2-3-5-11-7-9/h2-6H2,1H3. The number of ether oxygens (including phenoxy) is 2. The zero-order valence-electron chi connectivity index (χ0n) is 7.17. The van der Waals surface area contributed by atoms with E-state index in [4.69, 9.17) is 4.74 Å². The van der Waals surface area contributed by atoms with Gasteiger partial charge in [-0.1, -0.05) is 0 Å². The molecule has 0 aromatic heterocycles. The summed E-state index contributed by atoms with van der Waals surface area (Å²) in [6, 6.07) is 0. The lowest BCUT2D eigenvalue weighted by molar-refractivity contribution is -0.141. The molecule has 0 heterocycles. The first kappa shape index (κ1) is 10.9. The van der Waals surface area contributed by atoms with Crippen molar-refractivity contribution >= 4 is 12.4 Å². The third-order valence-electron chi connectivity index (χ3n) is 1.25. The Hall–Kier alpha value is -1.06. The van der Waals surface area contributed by atoms with Gasteiger partial charge in [0.05, 0.1) is 13.2 Å². The summed E-state index contributed by atoms with van der Waals surface area (Å²) in [6.07, 6.45) is 2.48. The van der Waals surface area contributed by atoms with Gasteiger partial charge in [0.1, 0.15) is 0 Å². The Morgan fingerprint density at radius 2 is 1.92 bits per heavy atom. The van der Waals surface area contributed by atoms with E-state index < -0.39 is 0 Å². The van der Waals surface area contributed by atoms with Crippen LogP contribution in [0.4, 0.5) is 0 Å². The molecule has 69 valence electrons. The normalized spacial score (nSPS) is 9.08. The first-order chi connectivity index (χ1) is 5.77. The highest BCUT2D eigenvalue weighted by Crippen LogP contribution is 1.95. The predicted molar refractivity (Wildman–Crippen MR) is 42.1 cm³/mol. The van der Waals surface area contributed by atoms with E-state index in [1.165, 1.54) is 13.4 Å². The third kappa shape index (κ3) is 8.94. The average Bonchev–Trinajstić information content (AvgIpc) is 2.02. The van der Waals surface area contributed by atoms with Gasteiger partial charge in [0, 0.05) is 6.92 Å². The molecule has 0 aliphatic rings. The molecule has 0 unspecified atom stereocenters. The van der Waals surface area contributed by atoms with Gasteiger partial charge in [-0.2, -0.15) is 0 Å². The van der Waals surface area contributed by atoms with Crippen molar-refractivity contribution in [2.75, 3.05) is 13.2 Å². The topological polar surface area (TPSA) is 52.6 Å². The Balaban J connectivity index is 2.90. The molecule has 0 rings (SSSR count). The lowest BCUT2D eigenvalue weighted by atomic mass is 10.2. The highest BCUT2D eigenvalue weighted by atomic mass is 16.5. The van der Waals surface area contributed by atoms with E-state index in [0.29, 0.717) is 13.2 Å². The van der Waals surface area contributed by atoms with Crippen LogP contribution < -0.4 is 0 Å². The van der Waals surface area contributed by atoms with Crippen LogP contribution in [0.3, 0.4) is 0 Å². The number of carbonyl (C=O) groups excluding carboxylic acids is 2. The molecule has 0 aromatic carbocycles. The minimum Gasteiger partial charge on any atom is -0.466 e. The van der Waals surface area contributed by atoms with Gasteiger partial charge in [0.2, 0.25) is 0 Å². The first-order valence-corrected chi connectivity index (χ1v) is 3.89. The van der Waals surface area contributed by atoms with E-state index in [1.54, 1.807) is 0 Å². The van der Waals surface area contributed by atoms with Gasteiger partial charge in [-0.3, -0.25) is 4.79 Å². The van der Waals surface area contributed by atoms with Crippen molar-refractivity contribution < 1.29 is 19.1 Å². The number of hydrogen-bond acceptors (Lipinski definition) is 4. The molecule has 0 saturated heterocycles. The molecule has 1 radical (unpaired) electrons. The second-order valence-electron chi connectivity index (χ2n) is 2.33. The second kappa shape index (κ2) is 8.04. The maximum Gasteiger partial charge on any atom is 0.417 e. The molecule has 4 heteroatoms.